The van der Waals surface area contributed by atoms with E-state index in [1.165, 1.54) is 32.4 Å². The number of anilines is 1. The van der Waals surface area contributed by atoms with Gasteiger partial charge in [0.2, 0.25) is 0 Å². The molecule has 0 bridgehead atoms. The van der Waals surface area contributed by atoms with Crippen LogP contribution in [0.15, 0.2) is 47.4 Å². The molecule has 8 heteroatoms. The lowest BCUT2D eigenvalue weighted by Gasteiger charge is -2.12. The summed E-state index contributed by atoms with van der Waals surface area (Å²) >= 11 is 0. The third-order valence-corrected chi connectivity index (χ3v) is 4.37. The fourth-order valence-electron chi connectivity index (χ4n) is 1.84. The summed E-state index contributed by atoms with van der Waals surface area (Å²) in [4.78, 5) is 11.4. The van der Waals surface area contributed by atoms with Gasteiger partial charge in [-0.2, -0.15) is 0 Å². The van der Waals surface area contributed by atoms with Crippen molar-refractivity contribution in [3.8, 4) is 5.75 Å². The highest BCUT2D eigenvalue weighted by Crippen LogP contribution is 2.28. The molecule has 0 fully saturated rings. The number of sulfonamides is 1. The first-order chi connectivity index (χ1) is 10.9. The highest BCUT2D eigenvalue weighted by atomic mass is 32.2. The zero-order valence-corrected chi connectivity index (χ0v) is 13.2. The van der Waals surface area contributed by atoms with Gasteiger partial charge in [0.1, 0.15) is 11.6 Å². The summed E-state index contributed by atoms with van der Waals surface area (Å²) in [6.07, 6.45) is 0. The van der Waals surface area contributed by atoms with E-state index in [0.29, 0.717) is 0 Å². The Morgan fingerprint density at radius 1 is 1.09 bits per heavy atom. The molecule has 122 valence electrons. The largest absolute Gasteiger partial charge is 0.495 e. The molecule has 0 atom stereocenters. The van der Waals surface area contributed by atoms with Gasteiger partial charge in [-0.3, -0.25) is 4.72 Å². The van der Waals surface area contributed by atoms with Gasteiger partial charge in [0, 0.05) is 0 Å². The van der Waals surface area contributed by atoms with Crippen molar-refractivity contribution >= 4 is 21.7 Å². The van der Waals surface area contributed by atoms with Crippen molar-refractivity contribution < 1.29 is 27.1 Å². The van der Waals surface area contributed by atoms with E-state index in [2.05, 4.69) is 9.46 Å². The van der Waals surface area contributed by atoms with Crippen molar-refractivity contribution in [3.05, 3.63) is 53.8 Å². The Bertz CT molecular complexity index is 818. The standard InChI is InChI=1S/C15H14FNO5S/c1-21-14-9-10(15(18)22-2)3-8-13(14)17-23(19,20)12-6-4-11(16)5-7-12/h3-9,17H,1-2H3. The Morgan fingerprint density at radius 2 is 1.74 bits per heavy atom. The molecule has 2 rings (SSSR count). The number of carbonyl (C=O) groups is 1. The van der Waals surface area contributed by atoms with Crippen LogP contribution in [0.25, 0.3) is 0 Å². The number of methoxy groups -OCH3 is 2. The second-order valence-electron chi connectivity index (χ2n) is 4.47. The second-order valence-corrected chi connectivity index (χ2v) is 6.15. The Morgan fingerprint density at radius 3 is 2.30 bits per heavy atom. The summed E-state index contributed by atoms with van der Waals surface area (Å²) in [5, 5.41) is 0. The van der Waals surface area contributed by atoms with E-state index < -0.39 is 21.8 Å². The van der Waals surface area contributed by atoms with Crippen LogP contribution in [-0.2, 0) is 14.8 Å². The highest BCUT2D eigenvalue weighted by molar-refractivity contribution is 7.92. The molecular weight excluding hydrogens is 325 g/mol. The smallest absolute Gasteiger partial charge is 0.337 e. The molecule has 6 nitrogen and oxygen atoms in total. The van der Waals surface area contributed by atoms with Crippen LogP contribution in [0.4, 0.5) is 10.1 Å². The molecule has 0 amide bonds. The minimum absolute atomic E-state index is 0.0991. The Kier molecular flexibility index (Phi) is 4.85. The van der Waals surface area contributed by atoms with E-state index in [0.717, 1.165) is 24.3 Å². The number of carbonyl (C=O) groups excluding carboxylic acids is 1. The summed E-state index contributed by atoms with van der Waals surface area (Å²) in [6.45, 7) is 0. The molecule has 2 aromatic carbocycles. The summed E-state index contributed by atoms with van der Waals surface area (Å²) in [7, 11) is -1.34. The number of ether oxygens (including phenoxy) is 2. The summed E-state index contributed by atoms with van der Waals surface area (Å²) < 4.78 is 49.5. The number of rotatable bonds is 5. The van der Waals surface area contributed by atoms with Crippen LogP contribution in [0.1, 0.15) is 10.4 Å². The Balaban J connectivity index is 2.35. The number of hydrogen-bond acceptors (Lipinski definition) is 5. The van der Waals surface area contributed by atoms with E-state index in [4.69, 9.17) is 4.74 Å². The number of halogens is 1. The van der Waals surface area contributed by atoms with Gasteiger partial charge in [-0.1, -0.05) is 0 Å². The Labute approximate surface area is 132 Å². The topological polar surface area (TPSA) is 81.7 Å². The lowest BCUT2D eigenvalue weighted by Crippen LogP contribution is -2.14. The lowest BCUT2D eigenvalue weighted by molar-refractivity contribution is 0.0600. The van der Waals surface area contributed by atoms with Gasteiger partial charge in [-0.05, 0) is 42.5 Å². The first kappa shape index (κ1) is 16.8. The van der Waals surface area contributed by atoms with Gasteiger partial charge in [0.05, 0.1) is 30.4 Å². The first-order valence-corrected chi connectivity index (χ1v) is 7.90. The van der Waals surface area contributed by atoms with E-state index >= 15 is 0 Å². The monoisotopic (exact) mass is 339 g/mol. The third-order valence-electron chi connectivity index (χ3n) is 2.99. The van der Waals surface area contributed by atoms with Crippen LogP contribution in [0.2, 0.25) is 0 Å². The van der Waals surface area contributed by atoms with Crippen LogP contribution >= 0.6 is 0 Å². The van der Waals surface area contributed by atoms with Gasteiger partial charge >= 0.3 is 5.97 Å². The van der Waals surface area contributed by atoms with Gasteiger partial charge in [-0.15, -0.1) is 0 Å². The first-order valence-electron chi connectivity index (χ1n) is 6.42. The van der Waals surface area contributed by atoms with Gasteiger partial charge < -0.3 is 9.47 Å². The zero-order valence-electron chi connectivity index (χ0n) is 12.4. The lowest BCUT2D eigenvalue weighted by atomic mass is 10.2. The van der Waals surface area contributed by atoms with Crippen LogP contribution in [0.5, 0.6) is 5.75 Å². The van der Waals surface area contributed by atoms with E-state index in [-0.39, 0.29) is 21.9 Å². The van der Waals surface area contributed by atoms with Gasteiger partial charge in [-0.25, -0.2) is 17.6 Å². The number of nitrogens with one attached hydrogen (secondary N) is 1. The minimum atomic E-state index is -3.91. The van der Waals surface area contributed by atoms with Crippen LogP contribution in [0, 0.1) is 5.82 Å². The molecule has 0 spiro atoms. The van der Waals surface area contributed by atoms with Gasteiger partial charge in [0.25, 0.3) is 10.0 Å². The van der Waals surface area contributed by atoms with E-state index in [1.54, 1.807) is 0 Å². The maximum absolute atomic E-state index is 12.9. The van der Waals surface area contributed by atoms with Crippen molar-refractivity contribution in [3.63, 3.8) is 0 Å². The molecule has 23 heavy (non-hydrogen) atoms. The SMILES string of the molecule is COC(=O)c1ccc(NS(=O)(=O)c2ccc(F)cc2)c(OC)c1. The van der Waals surface area contributed by atoms with Gasteiger partial charge in [0.15, 0.2) is 0 Å². The molecule has 0 unspecified atom stereocenters. The average Bonchev–Trinajstić information content (AvgIpc) is 2.54. The molecule has 0 saturated carbocycles. The van der Waals surface area contributed by atoms with Crippen molar-refractivity contribution in [2.75, 3.05) is 18.9 Å². The molecule has 0 aliphatic heterocycles. The maximum atomic E-state index is 12.9. The molecule has 0 aliphatic carbocycles. The maximum Gasteiger partial charge on any atom is 0.337 e. The number of esters is 1. The van der Waals surface area contributed by atoms with Crippen molar-refractivity contribution in [1.82, 2.24) is 0 Å². The predicted octanol–water partition coefficient (Wildman–Crippen LogP) is 2.42. The predicted molar refractivity (Wildman–Crippen MR) is 81.5 cm³/mol. The quantitative estimate of drug-likeness (QED) is 0.846. The summed E-state index contributed by atoms with van der Waals surface area (Å²) in [5.41, 5.74) is 0.360. The van der Waals surface area contributed by atoms with Crippen molar-refractivity contribution in [2.24, 2.45) is 0 Å². The number of hydrogen-bond donors (Lipinski definition) is 1. The third kappa shape index (κ3) is 3.78. The molecular formula is C15H14FNO5S. The fourth-order valence-corrected chi connectivity index (χ4v) is 2.91. The fraction of sp³-hybridized carbons (Fsp3) is 0.133. The number of benzene rings is 2. The van der Waals surface area contributed by atoms with Crippen LogP contribution < -0.4 is 9.46 Å². The normalized spacial score (nSPS) is 10.9. The molecule has 0 radical (unpaired) electrons. The summed E-state index contributed by atoms with van der Waals surface area (Å²) in [5.74, 6) is -0.959. The minimum Gasteiger partial charge on any atom is -0.495 e. The molecule has 2 aromatic rings. The molecule has 1 N–H and O–H groups in total. The van der Waals surface area contributed by atoms with Crippen LogP contribution in [0.3, 0.4) is 0 Å². The Hall–Kier alpha value is -2.61. The molecule has 0 aromatic heterocycles. The second kappa shape index (κ2) is 6.66. The summed E-state index contributed by atoms with van der Waals surface area (Å²) in [6, 6.07) is 8.52. The molecule has 0 heterocycles. The molecule has 0 saturated heterocycles. The average molecular weight is 339 g/mol. The van der Waals surface area contributed by atoms with E-state index in [9.17, 15) is 17.6 Å². The van der Waals surface area contributed by atoms with Crippen molar-refractivity contribution in [2.45, 2.75) is 4.90 Å². The van der Waals surface area contributed by atoms with Crippen molar-refractivity contribution in [1.29, 1.82) is 0 Å². The van der Waals surface area contributed by atoms with Crippen LogP contribution in [-0.4, -0.2) is 28.6 Å². The van der Waals surface area contributed by atoms with E-state index in [1.807, 2.05) is 0 Å². The zero-order chi connectivity index (χ0) is 17.0. The molecule has 0 aliphatic rings. The highest BCUT2D eigenvalue weighted by Gasteiger charge is 2.18.